The highest BCUT2D eigenvalue weighted by Gasteiger charge is 2.08. The smallest absolute Gasteiger partial charge is 0.126 e. The Kier molecular flexibility index (Phi) is 5.27. The molecule has 0 aliphatic rings. The first-order valence-corrected chi connectivity index (χ1v) is 6.82. The van der Waals surface area contributed by atoms with Gasteiger partial charge in [0, 0.05) is 12.6 Å². The molecule has 2 N–H and O–H groups in total. The zero-order chi connectivity index (χ0) is 14.4. The van der Waals surface area contributed by atoms with E-state index in [4.69, 9.17) is 0 Å². The van der Waals surface area contributed by atoms with Gasteiger partial charge in [0.05, 0.1) is 6.61 Å². The van der Waals surface area contributed by atoms with Crippen LogP contribution in [-0.2, 0) is 13.0 Å². The Morgan fingerprint density at radius 2 is 1.85 bits per heavy atom. The van der Waals surface area contributed by atoms with E-state index < -0.39 is 0 Å². The van der Waals surface area contributed by atoms with Gasteiger partial charge in [-0.15, -0.1) is 0 Å². The molecule has 1 atom stereocenters. The van der Waals surface area contributed by atoms with Crippen LogP contribution < -0.4 is 5.32 Å². The molecule has 2 aromatic rings. The molecule has 2 aromatic carbocycles. The Balaban J connectivity index is 1.92. The van der Waals surface area contributed by atoms with Gasteiger partial charge in [-0.3, -0.25) is 0 Å². The number of rotatable bonds is 6. The quantitative estimate of drug-likeness (QED) is 0.848. The fraction of sp³-hybridized carbons (Fsp3) is 0.294. The number of benzene rings is 2. The van der Waals surface area contributed by atoms with Crippen molar-refractivity contribution in [1.29, 1.82) is 0 Å². The van der Waals surface area contributed by atoms with Crippen molar-refractivity contribution >= 4 is 0 Å². The van der Waals surface area contributed by atoms with Crippen LogP contribution in [0.4, 0.5) is 4.39 Å². The number of aliphatic hydroxyl groups excluding tert-OH is 1. The first-order valence-electron chi connectivity index (χ1n) is 6.82. The van der Waals surface area contributed by atoms with Crippen LogP contribution in [0.25, 0.3) is 0 Å². The second-order valence-electron chi connectivity index (χ2n) is 5.03. The van der Waals surface area contributed by atoms with Crippen molar-refractivity contribution in [2.75, 3.05) is 6.61 Å². The van der Waals surface area contributed by atoms with Crippen LogP contribution in [0.3, 0.4) is 0 Å². The van der Waals surface area contributed by atoms with Crippen LogP contribution in [0.2, 0.25) is 0 Å². The van der Waals surface area contributed by atoms with Gasteiger partial charge in [-0.1, -0.05) is 42.5 Å². The molecule has 0 fully saturated rings. The molecule has 0 amide bonds. The van der Waals surface area contributed by atoms with E-state index >= 15 is 0 Å². The number of hydrogen-bond acceptors (Lipinski definition) is 2. The van der Waals surface area contributed by atoms with Gasteiger partial charge in [-0.05, 0) is 36.1 Å². The van der Waals surface area contributed by atoms with Crippen molar-refractivity contribution in [3.8, 4) is 0 Å². The van der Waals surface area contributed by atoms with Gasteiger partial charge in [0.2, 0.25) is 0 Å². The van der Waals surface area contributed by atoms with E-state index in [-0.39, 0.29) is 18.5 Å². The predicted octanol–water partition coefficient (Wildman–Crippen LogP) is 2.83. The predicted molar refractivity (Wildman–Crippen MR) is 79.0 cm³/mol. The first-order chi connectivity index (χ1) is 9.69. The Hall–Kier alpha value is -1.71. The molecule has 20 heavy (non-hydrogen) atoms. The normalized spacial score (nSPS) is 12.3. The number of hydrogen-bond donors (Lipinski definition) is 2. The third-order valence-corrected chi connectivity index (χ3v) is 3.36. The van der Waals surface area contributed by atoms with E-state index in [0.29, 0.717) is 12.1 Å². The molecule has 0 radical (unpaired) electrons. The van der Waals surface area contributed by atoms with E-state index in [1.165, 1.54) is 11.6 Å². The van der Waals surface area contributed by atoms with Crippen molar-refractivity contribution in [3.63, 3.8) is 0 Å². The Bertz CT molecular complexity index is 542. The average Bonchev–Trinajstić information content (AvgIpc) is 2.48. The zero-order valence-corrected chi connectivity index (χ0v) is 11.6. The first kappa shape index (κ1) is 14.7. The van der Waals surface area contributed by atoms with Crippen molar-refractivity contribution in [2.45, 2.75) is 25.9 Å². The zero-order valence-electron chi connectivity index (χ0n) is 11.6. The summed E-state index contributed by atoms with van der Waals surface area (Å²) >= 11 is 0. The SMILES string of the molecule is Cc1cc(CN[C@H](CO)Cc2ccccc2)ccc1F. The maximum Gasteiger partial charge on any atom is 0.126 e. The Labute approximate surface area is 119 Å². The summed E-state index contributed by atoms with van der Waals surface area (Å²) in [6.07, 6.45) is 0.775. The van der Waals surface area contributed by atoms with Gasteiger partial charge in [0.15, 0.2) is 0 Å². The van der Waals surface area contributed by atoms with Gasteiger partial charge in [-0.2, -0.15) is 0 Å². The summed E-state index contributed by atoms with van der Waals surface area (Å²) in [5.74, 6) is -0.184. The molecule has 106 valence electrons. The van der Waals surface area contributed by atoms with E-state index in [1.807, 2.05) is 36.4 Å². The Morgan fingerprint density at radius 1 is 1.10 bits per heavy atom. The van der Waals surface area contributed by atoms with E-state index in [0.717, 1.165) is 12.0 Å². The van der Waals surface area contributed by atoms with Crippen LogP contribution in [0, 0.1) is 12.7 Å². The largest absolute Gasteiger partial charge is 0.395 e. The second kappa shape index (κ2) is 7.17. The lowest BCUT2D eigenvalue weighted by Gasteiger charge is -2.16. The molecule has 0 spiro atoms. The van der Waals surface area contributed by atoms with E-state index in [1.54, 1.807) is 13.0 Å². The van der Waals surface area contributed by atoms with Crippen LogP contribution in [0.1, 0.15) is 16.7 Å². The fourth-order valence-corrected chi connectivity index (χ4v) is 2.18. The summed E-state index contributed by atoms with van der Waals surface area (Å²) in [7, 11) is 0. The highest BCUT2D eigenvalue weighted by atomic mass is 19.1. The molecule has 0 saturated heterocycles. The summed E-state index contributed by atoms with van der Waals surface area (Å²) in [5, 5.41) is 12.7. The van der Waals surface area contributed by atoms with Crippen molar-refractivity contribution in [3.05, 3.63) is 71.0 Å². The molecule has 0 bridgehead atoms. The molecule has 0 saturated carbocycles. The van der Waals surface area contributed by atoms with Gasteiger partial charge in [0.1, 0.15) is 5.82 Å². The van der Waals surface area contributed by atoms with Crippen molar-refractivity contribution < 1.29 is 9.50 Å². The lowest BCUT2D eigenvalue weighted by molar-refractivity contribution is 0.241. The standard InChI is InChI=1S/C17H20FNO/c1-13-9-15(7-8-17(13)18)11-19-16(12-20)10-14-5-3-2-4-6-14/h2-9,16,19-20H,10-12H2,1H3/t16-/m0/s1. The molecule has 0 aliphatic carbocycles. The molecule has 3 heteroatoms. The van der Waals surface area contributed by atoms with E-state index in [2.05, 4.69) is 5.32 Å². The van der Waals surface area contributed by atoms with Gasteiger partial charge < -0.3 is 10.4 Å². The third-order valence-electron chi connectivity index (χ3n) is 3.36. The van der Waals surface area contributed by atoms with Gasteiger partial charge >= 0.3 is 0 Å². The number of aliphatic hydroxyl groups is 1. The number of nitrogens with one attached hydrogen (secondary N) is 1. The van der Waals surface area contributed by atoms with Gasteiger partial charge in [0.25, 0.3) is 0 Å². The molecule has 2 nitrogen and oxygen atoms in total. The second-order valence-corrected chi connectivity index (χ2v) is 5.03. The third kappa shape index (κ3) is 4.15. The van der Waals surface area contributed by atoms with Crippen molar-refractivity contribution in [1.82, 2.24) is 5.32 Å². The lowest BCUT2D eigenvalue weighted by Crippen LogP contribution is -2.34. The Morgan fingerprint density at radius 3 is 2.50 bits per heavy atom. The highest BCUT2D eigenvalue weighted by molar-refractivity contribution is 5.24. The summed E-state index contributed by atoms with van der Waals surface area (Å²) < 4.78 is 13.2. The fourth-order valence-electron chi connectivity index (χ4n) is 2.18. The average molecular weight is 273 g/mol. The van der Waals surface area contributed by atoms with Gasteiger partial charge in [-0.25, -0.2) is 4.39 Å². The van der Waals surface area contributed by atoms with Crippen LogP contribution >= 0.6 is 0 Å². The van der Waals surface area contributed by atoms with Crippen LogP contribution in [0.5, 0.6) is 0 Å². The molecule has 0 aliphatic heterocycles. The minimum atomic E-state index is -0.184. The molecular weight excluding hydrogens is 253 g/mol. The highest BCUT2D eigenvalue weighted by Crippen LogP contribution is 2.10. The van der Waals surface area contributed by atoms with Crippen molar-refractivity contribution in [2.24, 2.45) is 0 Å². The summed E-state index contributed by atoms with van der Waals surface area (Å²) in [5.41, 5.74) is 2.86. The van der Waals surface area contributed by atoms with Crippen LogP contribution in [0.15, 0.2) is 48.5 Å². The minimum absolute atomic E-state index is 0.00255. The minimum Gasteiger partial charge on any atom is -0.395 e. The summed E-state index contributed by atoms with van der Waals surface area (Å²) in [4.78, 5) is 0. The topological polar surface area (TPSA) is 32.3 Å². The maximum atomic E-state index is 13.2. The monoisotopic (exact) mass is 273 g/mol. The van der Waals surface area contributed by atoms with E-state index in [9.17, 15) is 9.50 Å². The maximum absolute atomic E-state index is 13.2. The molecule has 2 rings (SSSR count). The summed E-state index contributed by atoms with van der Waals surface area (Å²) in [6.45, 7) is 2.46. The lowest BCUT2D eigenvalue weighted by atomic mass is 10.1. The van der Waals surface area contributed by atoms with Crippen LogP contribution in [-0.4, -0.2) is 17.8 Å². The molecule has 0 aromatic heterocycles. The molecule has 0 heterocycles. The molecule has 0 unspecified atom stereocenters. The molecular formula is C17H20FNO. The number of aryl methyl sites for hydroxylation is 1. The number of halogens is 1. The summed E-state index contributed by atoms with van der Waals surface area (Å²) in [6, 6.07) is 15.1.